The summed E-state index contributed by atoms with van der Waals surface area (Å²) in [6.07, 6.45) is 11.4. The predicted octanol–water partition coefficient (Wildman–Crippen LogP) is 7.09. The lowest BCUT2D eigenvalue weighted by Crippen LogP contribution is -2.67. The summed E-state index contributed by atoms with van der Waals surface area (Å²) in [5.74, 6) is 2.30. The Morgan fingerprint density at radius 1 is 0.780 bits per heavy atom. The van der Waals surface area contributed by atoms with Gasteiger partial charge in [0.2, 0.25) is 5.91 Å². The molecule has 0 heterocycles. The molecule has 6 heteroatoms. The van der Waals surface area contributed by atoms with Gasteiger partial charge in [-0.1, -0.05) is 34.6 Å². The van der Waals surface area contributed by atoms with Crippen molar-refractivity contribution in [3.05, 3.63) is 0 Å². The largest absolute Gasteiger partial charge is 0.465 e. The van der Waals surface area contributed by atoms with Gasteiger partial charge < -0.3 is 14.8 Å². The molecule has 6 nitrogen and oxygen atoms in total. The van der Waals surface area contributed by atoms with Crippen molar-refractivity contribution in [3.8, 4) is 0 Å². The van der Waals surface area contributed by atoms with Crippen molar-refractivity contribution in [1.29, 1.82) is 0 Å². The molecular weight excluding hydrogens is 514 g/mol. The van der Waals surface area contributed by atoms with Crippen LogP contribution in [0.1, 0.15) is 127 Å². The van der Waals surface area contributed by atoms with Crippen LogP contribution in [0.5, 0.6) is 0 Å². The van der Waals surface area contributed by atoms with E-state index < -0.39 is 0 Å². The average Bonchev–Trinajstić information content (AvgIpc) is 3.24. The van der Waals surface area contributed by atoms with Crippen LogP contribution in [0.4, 0.5) is 0 Å². The van der Waals surface area contributed by atoms with Crippen molar-refractivity contribution >= 4 is 17.8 Å². The molecule has 0 aromatic heterocycles. The van der Waals surface area contributed by atoms with E-state index in [1.165, 1.54) is 39.0 Å². The monoisotopic (exact) mass is 571 g/mol. The fraction of sp³-hybridized carbons (Fsp3) is 0.914. The van der Waals surface area contributed by atoms with E-state index in [2.05, 4.69) is 46.9 Å². The van der Waals surface area contributed by atoms with Gasteiger partial charge in [0, 0.05) is 37.6 Å². The van der Waals surface area contributed by atoms with E-state index in [9.17, 15) is 14.4 Å². The lowest BCUT2D eigenvalue weighted by molar-refractivity contribution is -0.253. The van der Waals surface area contributed by atoms with Gasteiger partial charge in [-0.15, -0.1) is 0 Å². The molecule has 0 spiro atoms. The van der Waals surface area contributed by atoms with E-state index in [1.807, 2.05) is 0 Å². The lowest BCUT2D eigenvalue weighted by Gasteiger charge is -2.73. The maximum Gasteiger partial charge on any atom is 0.302 e. The molecule has 5 fully saturated rings. The zero-order chi connectivity index (χ0) is 30.2. The van der Waals surface area contributed by atoms with Crippen molar-refractivity contribution in [2.75, 3.05) is 6.61 Å². The van der Waals surface area contributed by atoms with Crippen LogP contribution in [0.3, 0.4) is 0 Å². The topological polar surface area (TPSA) is 81.7 Å². The summed E-state index contributed by atoms with van der Waals surface area (Å²) in [6, 6.07) is 0.121. The number of rotatable bonds is 5. The van der Waals surface area contributed by atoms with Gasteiger partial charge in [0.25, 0.3) is 0 Å². The number of fused-ring (bicyclic) bond motifs is 7. The van der Waals surface area contributed by atoms with Crippen molar-refractivity contribution < 1.29 is 23.9 Å². The fourth-order valence-electron chi connectivity index (χ4n) is 12.7. The summed E-state index contributed by atoms with van der Waals surface area (Å²) in [5, 5.41) is 3.26. The van der Waals surface area contributed by atoms with Gasteiger partial charge in [-0.3, -0.25) is 14.4 Å². The van der Waals surface area contributed by atoms with Gasteiger partial charge in [0.05, 0.1) is 6.61 Å². The third-order valence-electron chi connectivity index (χ3n) is 14.5. The van der Waals surface area contributed by atoms with Crippen molar-refractivity contribution in [3.63, 3.8) is 0 Å². The smallest absolute Gasteiger partial charge is 0.302 e. The molecule has 11 atom stereocenters. The van der Waals surface area contributed by atoms with E-state index in [-0.39, 0.29) is 57.1 Å². The van der Waals surface area contributed by atoms with Gasteiger partial charge in [-0.25, -0.2) is 0 Å². The van der Waals surface area contributed by atoms with Crippen LogP contribution in [-0.2, 0) is 23.9 Å². The number of hydrogen-bond acceptors (Lipinski definition) is 5. The first kappa shape index (κ1) is 30.9. The Labute approximate surface area is 248 Å². The Morgan fingerprint density at radius 2 is 1.49 bits per heavy atom. The predicted molar refractivity (Wildman–Crippen MR) is 160 cm³/mol. The minimum absolute atomic E-state index is 0.000408. The lowest BCUT2D eigenvalue weighted by atomic mass is 9.32. The molecule has 0 aromatic rings. The Hall–Kier alpha value is -1.59. The fourth-order valence-corrected chi connectivity index (χ4v) is 12.7. The van der Waals surface area contributed by atoms with E-state index in [0.717, 1.165) is 32.1 Å². The number of hydrogen-bond donors (Lipinski definition) is 1. The van der Waals surface area contributed by atoms with Gasteiger partial charge in [-0.2, -0.15) is 0 Å². The van der Waals surface area contributed by atoms with E-state index in [4.69, 9.17) is 9.47 Å². The average molecular weight is 572 g/mol. The van der Waals surface area contributed by atoms with Gasteiger partial charge in [0.1, 0.15) is 6.10 Å². The first-order chi connectivity index (χ1) is 19.0. The first-order valence-corrected chi connectivity index (χ1v) is 16.6. The minimum atomic E-state index is -0.182. The van der Waals surface area contributed by atoms with Crippen molar-refractivity contribution in [2.45, 2.75) is 139 Å². The van der Waals surface area contributed by atoms with Gasteiger partial charge in [-0.05, 0) is 117 Å². The number of carbonyl (C=O) groups is 3. The molecule has 232 valence electrons. The molecule has 0 unspecified atom stereocenters. The molecule has 5 saturated carbocycles. The standard InChI is InChI=1S/C35H57NO5/c1-21(36-22(2)37)25-12-17-35(20-40-23(3)38)19-18-33(8)26(30(25)35)10-11-28-32(7)15-14-29(41-24(4)39)31(5,6)27(32)13-16-34(28,33)9/h21,25-30H,10-20H2,1-9H3,(H,36,37)/t21-,25+,26+,27+,28-,29-,30+,32-,33+,34-,35-/m0/s1. The van der Waals surface area contributed by atoms with Crippen molar-refractivity contribution in [1.82, 2.24) is 5.32 Å². The molecule has 0 aromatic carbocycles. The molecule has 1 amide bonds. The molecular formula is C35H57NO5. The minimum Gasteiger partial charge on any atom is -0.465 e. The third kappa shape index (κ3) is 4.58. The van der Waals surface area contributed by atoms with Crippen molar-refractivity contribution in [2.24, 2.45) is 56.7 Å². The second kappa shape index (κ2) is 10.3. The van der Waals surface area contributed by atoms with Crippen LogP contribution in [-0.4, -0.2) is 36.6 Å². The molecule has 0 radical (unpaired) electrons. The van der Waals surface area contributed by atoms with E-state index in [1.54, 1.807) is 13.8 Å². The highest BCUT2D eigenvalue weighted by atomic mass is 16.5. The maximum absolute atomic E-state index is 12.1. The van der Waals surface area contributed by atoms with Crippen LogP contribution in [0.25, 0.3) is 0 Å². The Morgan fingerprint density at radius 3 is 2.12 bits per heavy atom. The number of carbonyl (C=O) groups excluding carboxylic acids is 3. The normalized spacial score (nSPS) is 47.0. The zero-order valence-electron chi connectivity index (χ0n) is 27.4. The second-order valence-corrected chi connectivity index (χ2v) is 16.5. The quantitative estimate of drug-likeness (QED) is 0.356. The number of amides is 1. The SMILES string of the molecule is CC(=O)N[C@@H](C)[C@H]1CC[C@@]2(COC(C)=O)CC[C@]3(C)[C@H](CC[C@H]4[C@@]5(C)CC[C@H](OC(C)=O)C(C)(C)[C@H]5CC[C@@]43C)[C@@H]12. The molecule has 5 aliphatic rings. The van der Waals surface area contributed by atoms with Crippen LogP contribution in [0, 0.1) is 56.7 Å². The number of nitrogens with one attached hydrogen (secondary N) is 1. The highest BCUT2D eigenvalue weighted by Crippen LogP contribution is 2.77. The summed E-state index contributed by atoms with van der Waals surface area (Å²) in [4.78, 5) is 36.1. The highest BCUT2D eigenvalue weighted by Gasteiger charge is 2.71. The number of esters is 2. The summed E-state index contributed by atoms with van der Waals surface area (Å²) in [6.45, 7) is 20.0. The second-order valence-electron chi connectivity index (χ2n) is 16.5. The molecule has 0 aliphatic heterocycles. The van der Waals surface area contributed by atoms with E-state index in [0.29, 0.717) is 36.2 Å². The summed E-state index contributed by atoms with van der Waals surface area (Å²) in [5.41, 5.74) is 0.634. The zero-order valence-corrected chi connectivity index (χ0v) is 27.4. The highest BCUT2D eigenvalue weighted by molar-refractivity contribution is 5.73. The number of ether oxygens (including phenoxy) is 2. The van der Waals surface area contributed by atoms with Crippen LogP contribution >= 0.6 is 0 Å². The maximum atomic E-state index is 12.1. The first-order valence-electron chi connectivity index (χ1n) is 16.6. The molecule has 41 heavy (non-hydrogen) atoms. The molecule has 0 bridgehead atoms. The summed E-state index contributed by atoms with van der Waals surface area (Å²) >= 11 is 0. The van der Waals surface area contributed by atoms with E-state index >= 15 is 0 Å². The van der Waals surface area contributed by atoms with Crippen LogP contribution < -0.4 is 5.32 Å². The summed E-state index contributed by atoms with van der Waals surface area (Å²) in [7, 11) is 0. The Balaban J connectivity index is 1.50. The molecule has 1 N–H and O–H groups in total. The van der Waals surface area contributed by atoms with Gasteiger partial charge in [0.15, 0.2) is 0 Å². The molecule has 5 aliphatic carbocycles. The summed E-state index contributed by atoms with van der Waals surface area (Å²) < 4.78 is 11.7. The van der Waals surface area contributed by atoms with Crippen LogP contribution in [0.15, 0.2) is 0 Å². The Bertz CT molecular complexity index is 1070. The van der Waals surface area contributed by atoms with Gasteiger partial charge >= 0.3 is 11.9 Å². The van der Waals surface area contributed by atoms with Crippen LogP contribution in [0.2, 0.25) is 0 Å². The third-order valence-corrected chi connectivity index (χ3v) is 14.5. The molecule has 5 rings (SSSR count). The molecule has 0 saturated heterocycles. The Kier molecular flexibility index (Phi) is 7.72.